The van der Waals surface area contributed by atoms with Gasteiger partial charge in [0, 0.05) is 75.7 Å². The number of hydrogen-bond donors (Lipinski definition) is 3. The number of carbonyl (C=O) groups excluding carboxylic acids is 3. The summed E-state index contributed by atoms with van der Waals surface area (Å²) in [5.41, 5.74) is -1.81. The molecule has 68 heavy (non-hydrogen) atoms. The monoisotopic (exact) mass is 957 g/mol. The molecule has 1 amide bonds. The van der Waals surface area contributed by atoms with Gasteiger partial charge in [-0.15, -0.1) is 0 Å². The third-order valence-electron chi connectivity index (χ3n) is 15.7. The van der Waals surface area contributed by atoms with Gasteiger partial charge in [-0.3, -0.25) is 19.5 Å². The van der Waals surface area contributed by atoms with E-state index in [2.05, 4.69) is 10.3 Å². The van der Waals surface area contributed by atoms with E-state index >= 15 is 4.79 Å². The molecule has 0 saturated carbocycles. The van der Waals surface area contributed by atoms with Crippen molar-refractivity contribution in [2.75, 3.05) is 41.4 Å². The van der Waals surface area contributed by atoms with E-state index in [0.29, 0.717) is 19.5 Å². The molecule has 4 fully saturated rings. The summed E-state index contributed by atoms with van der Waals surface area (Å²) in [7, 11) is 6.87. The molecule has 18 atom stereocenters. The molecule has 2 aromatic rings. The van der Waals surface area contributed by atoms with E-state index in [9.17, 15) is 19.8 Å². The van der Waals surface area contributed by atoms with Crippen LogP contribution in [0.4, 0.5) is 4.79 Å². The maximum atomic E-state index is 15.1. The van der Waals surface area contributed by atoms with Crippen molar-refractivity contribution >= 4 is 28.7 Å². The summed E-state index contributed by atoms with van der Waals surface area (Å²) >= 11 is 0. The van der Waals surface area contributed by atoms with Crippen LogP contribution >= 0.6 is 0 Å². The summed E-state index contributed by atoms with van der Waals surface area (Å²) < 4.78 is 51.7. The molecule has 4 saturated heterocycles. The highest BCUT2D eigenvalue weighted by Gasteiger charge is 2.61. The van der Waals surface area contributed by atoms with Crippen molar-refractivity contribution in [1.82, 2.24) is 20.1 Å². The molecule has 0 aliphatic carbocycles. The minimum absolute atomic E-state index is 0.125. The second-order valence-electron chi connectivity index (χ2n) is 20.8. The number of carbonyl (C=O) groups is 3. The summed E-state index contributed by atoms with van der Waals surface area (Å²) in [5.74, 6) is -3.95. The molecule has 4 aliphatic rings. The van der Waals surface area contributed by atoms with Gasteiger partial charge in [-0.2, -0.15) is 0 Å². The van der Waals surface area contributed by atoms with Gasteiger partial charge < -0.3 is 58.3 Å². The van der Waals surface area contributed by atoms with Gasteiger partial charge in [0.25, 0.3) is 0 Å². The van der Waals surface area contributed by atoms with Crippen molar-refractivity contribution < 1.29 is 62.5 Å². The molecule has 4 aliphatic heterocycles. The number of fused-ring (bicyclic) bond motifs is 2. The van der Waals surface area contributed by atoms with Crippen molar-refractivity contribution in [3.05, 3.63) is 42.1 Å². The van der Waals surface area contributed by atoms with Crippen LogP contribution in [0, 0.1) is 23.7 Å². The molecule has 5 heterocycles. The minimum atomic E-state index is -1.44. The molecule has 3 N–H and O–H groups in total. The number of cyclic esters (lactones) is 1. The zero-order valence-electron chi connectivity index (χ0n) is 42.8. The Kier molecular flexibility index (Phi) is 17.4. The first-order valence-corrected chi connectivity index (χ1v) is 24.6. The molecule has 1 aromatic heterocycles. The molecule has 17 nitrogen and oxygen atoms in total. The molecule has 1 aromatic carbocycles. The number of amides is 1. The van der Waals surface area contributed by atoms with Crippen LogP contribution in [0.2, 0.25) is 0 Å². The van der Waals surface area contributed by atoms with E-state index in [1.165, 1.54) is 7.11 Å². The van der Waals surface area contributed by atoms with Crippen LogP contribution in [-0.4, -0.2) is 168 Å². The van der Waals surface area contributed by atoms with Gasteiger partial charge >= 0.3 is 12.1 Å². The second-order valence-corrected chi connectivity index (χ2v) is 20.8. The largest absolute Gasteiger partial charge is 0.458 e. The van der Waals surface area contributed by atoms with Gasteiger partial charge in [0.2, 0.25) is 0 Å². The van der Waals surface area contributed by atoms with Crippen molar-refractivity contribution in [3.8, 4) is 0 Å². The quantitative estimate of drug-likeness (QED) is 0.174. The summed E-state index contributed by atoms with van der Waals surface area (Å²) in [6, 6.07) is 8.75. The van der Waals surface area contributed by atoms with Crippen LogP contribution in [0.1, 0.15) is 100 Å². The van der Waals surface area contributed by atoms with Crippen LogP contribution in [0.3, 0.4) is 0 Å². The number of aliphatic hydroxyl groups is 2. The standard InChI is InChI=1S/C51H80N4O13/c1-15-38-51(10)43(55(48(60)68-51)23-22-52-27-34-20-21-53-36-19-17-16-18-35(34)36)30(4)40(56)28(2)25-50(9,62-14)45(67-47-41(57)37(54(11)12)24-29(3)63-47)31(5)42(32(6)46(59)65-38)66-39-26-49(8,61-13)44(58)33(7)64-39/h16-21,28-33,37-39,41-45,47,52,57-58H,15,22-27H2,1-14H3/t28-,29-,30+,31+,32-,33+,37+,38-,39?,41-,42+,43+,44+,45-,47+,49-,50-,51-/m1/s1. The second kappa shape index (κ2) is 22.0. The molecule has 382 valence electrons. The Morgan fingerprint density at radius 1 is 0.912 bits per heavy atom. The number of para-hydroxylation sites is 1. The number of aromatic nitrogens is 1. The van der Waals surface area contributed by atoms with Crippen LogP contribution in [0.25, 0.3) is 10.9 Å². The molecular weight excluding hydrogens is 877 g/mol. The Morgan fingerprint density at radius 3 is 2.26 bits per heavy atom. The van der Waals surface area contributed by atoms with Gasteiger partial charge in [-0.1, -0.05) is 45.9 Å². The van der Waals surface area contributed by atoms with Crippen molar-refractivity contribution in [2.24, 2.45) is 23.7 Å². The SMILES string of the molecule is CC[C@H]1OC(=O)[C@H](C)[C@@H](OC2C[C@@](C)(OC)[C@@H](O)[C@H](C)O2)[C@H](C)[C@@H](O[C@@H]2O[C@H](C)C[C@H](N(C)C)[C@H]2O)[C@](C)(OC)C[C@@H](C)C(=O)[C@H](C)[C@@H]2N(CCNCc3ccnc4ccccc34)C(=O)O[C@@]21C. The average molecular weight is 957 g/mol. The Hall–Kier alpha value is -3.36. The van der Waals surface area contributed by atoms with Gasteiger partial charge in [0.15, 0.2) is 18.2 Å². The number of ketones is 1. The summed E-state index contributed by atoms with van der Waals surface area (Å²) in [6.07, 6.45) is -5.77. The van der Waals surface area contributed by atoms with E-state index in [1.807, 2.05) is 90.9 Å². The zero-order valence-corrected chi connectivity index (χ0v) is 42.8. The van der Waals surface area contributed by atoms with E-state index in [1.54, 1.807) is 45.9 Å². The lowest BCUT2D eigenvalue weighted by Gasteiger charge is -2.50. The first-order valence-electron chi connectivity index (χ1n) is 24.6. The number of Topliss-reactive ketones (excluding diaryl/α,β-unsaturated/α-hetero) is 1. The number of nitrogens with zero attached hydrogens (tertiary/aromatic N) is 3. The smallest absolute Gasteiger partial charge is 0.410 e. The maximum Gasteiger partial charge on any atom is 0.410 e. The van der Waals surface area contributed by atoms with E-state index in [0.717, 1.165) is 16.5 Å². The van der Waals surface area contributed by atoms with Crippen LogP contribution in [0.15, 0.2) is 36.5 Å². The fourth-order valence-electron chi connectivity index (χ4n) is 11.6. The van der Waals surface area contributed by atoms with Crippen molar-refractivity contribution in [2.45, 2.75) is 186 Å². The first kappa shape index (κ1) is 54.0. The van der Waals surface area contributed by atoms with Gasteiger partial charge in [-0.25, -0.2) is 4.79 Å². The zero-order chi connectivity index (χ0) is 50.0. The number of likely N-dealkylation sites (N-methyl/N-ethyl adjacent to an activating group) is 1. The molecule has 0 spiro atoms. The number of nitrogens with one attached hydrogen (secondary N) is 1. The lowest BCUT2D eigenvalue weighted by Crippen LogP contribution is -2.62. The fourth-order valence-corrected chi connectivity index (χ4v) is 11.6. The average Bonchev–Trinajstić information content (AvgIpc) is 3.57. The van der Waals surface area contributed by atoms with Crippen LogP contribution in [-0.2, 0) is 54.0 Å². The van der Waals surface area contributed by atoms with Crippen LogP contribution < -0.4 is 5.32 Å². The number of benzene rings is 1. The predicted octanol–water partition coefficient (Wildman–Crippen LogP) is 5.25. The minimum Gasteiger partial charge on any atom is -0.458 e. The van der Waals surface area contributed by atoms with Crippen molar-refractivity contribution in [3.63, 3.8) is 0 Å². The van der Waals surface area contributed by atoms with Gasteiger partial charge in [0.05, 0.1) is 53.1 Å². The number of hydrogen-bond acceptors (Lipinski definition) is 16. The molecule has 6 rings (SSSR count). The van der Waals surface area contributed by atoms with E-state index in [-0.39, 0.29) is 43.7 Å². The Balaban J connectivity index is 1.39. The number of esters is 1. The highest BCUT2D eigenvalue weighted by Crippen LogP contribution is 2.45. The number of pyridine rings is 1. The predicted molar refractivity (Wildman–Crippen MR) is 253 cm³/mol. The number of ether oxygens (including phenoxy) is 8. The molecule has 0 radical (unpaired) electrons. The summed E-state index contributed by atoms with van der Waals surface area (Å²) in [4.78, 5) is 52.3. The normalized spacial score (nSPS) is 41.0. The topological polar surface area (TPSA) is 197 Å². The molecule has 0 bridgehead atoms. The third-order valence-corrected chi connectivity index (χ3v) is 15.7. The summed E-state index contributed by atoms with van der Waals surface area (Å²) in [6.45, 7) is 19.3. The molecular formula is C51H80N4O13. The van der Waals surface area contributed by atoms with Gasteiger partial charge in [-0.05, 0) is 92.6 Å². The Morgan fingerprint density at radius 2 is 1.60 bits per heavy atom. The number of rotatable bonds is 13. The number of methoxy groups -OCH3 is 2. The summed E-state index contributed by atoms with van der Waals surface area (Å²) in [5, 5.41) is 27.5. The van der Waals surface area contributed by atoms with E-state index in [4.69, 9.17) is 37.9 Å². The Bertz CT molecular complexity index is 2040. The fraction of sp³-hybridized carbons (Fsp3) is 0.765. The van der Waals surface area contributed by atoms with Crippen LogP contribution in [0.5, 0.6) is 0 Å². The molecule has 1 unspecified atom stereocenters. The number of aliphatic hydroxyl groups excluding tert-OH is 2. The lowest BCUT2D eigenvalue weighted by molar-refractivity contribution is -0.319. The lowest BCUT2D eigenvalue weighted by atomic mass is 9.73. The highest BCUT2D eigenvalue weighted by molar-refractivity contribution is 5.85. The molecule has 17 heteroatoms. The Labute approximate surface area is 403 Å². The van der Waals surface area contributed by atoms with Crippen molar-refractivity contribution in [1.29, 1.82) is 0 Å². The van der Waals surface area contributed by atoms with Gasteiger partial charge in [0.1, 0.15) is 24.1 Å². The first-order chi connectivity index (χ1) is 32.0. The third kappa shape index (κ3) is 10.9. The highest BCUT2D eigenvalue weighted by atomic mass is 16.7. The van der Waals surface area contributed by atoms with E-state index < -0.39 is 108 Å². The maximum absolute atomic E-state index is 15.1.